The van der Waals surface area contributed by atoms with E-state index in [0.29, 0.717) is 40.4 Å². The Kier molecular flexibility index (Phi) is 5.37. The van der Waals surface area contributed by atoms with Gasteiger partial charge in [0.25, 0.3) is 0 Å². The molecule has 2 unspecified atom stereocenters. The molecule has 8 nitrogen and oxygen atoms in total. The zero-order valence-corrected chi connectivity index (χ0v) is 17.8. The molecule has 2 fully saturated rings. The second-order valence-electron chi connectivity index (χ2n) is 8.04. The fourth-order valence-corrected chi connectivity index (χ4v) is 5.49. The number of aromatic nitrogens is 3. The summed E-state index contributed by atoms with van der Waals surface area (Å²) in [6.07, 6.45) is 8.46. The van der Waals surface area contributed by atoms with Crippen molar-refractivity contribution in [3.05, 3.63) is 35.5 Å². The van der Waals surface area contributed by atoms with Crippen LogP contribution in [-0.2, 0) is 0 Å². The number of thiazole rings is 1. The van der Waals surface area contributed by atoms with Gasteiger partial charge in [0.05, 0.1) is 17.8 Å². The number of piperidine rings is 1. The van der Waals surface area contributed by atoms with Gasteiger partial charge in [-0.3, -0.25) is 9.88 Å². The van der Waals surface area contributed by atoms with E-state index in [1.807, 2.05) is 18.2 Å². The lowest BCUT2D eigenvalue weighted by atomic mass is 9.97. The van der Waals surface area contributed by atoms with E-state index >= 15 is 0 Å². The zero-order chi connectivity index (χ0) is 21.2. The average Bonchev–Trinajstić information content (AvgIpc) is 3.33. The highest BCUT2D eigenvalue weighted by Gasteiger charge is 2.40. The molecule has 156 valence electrons. The van der Waals surface area contributed by atoms with Crippen LogP contribution in [-0.4, -0.2) is 44.5 Å². The Labute approximate surface area is 184 Å². The molecule has 2 N–H and O–H groups in total. The third-order valence-corrected chi connectivity index (χ3v) is 6.97. The van der Waals surface area contributed by atoms with Crippen molar-refractivity contribution in [2.75, 3.05) is 17.2 Å². The monoisotopic (exact) mass is 430 g/mol. The number of hydrogen-bond donors (Lipinski definition) is 2. The van der Waals surface area contributed by atoms with E-state index < -0.39 is 0 Å². The van der Waals surface area contributed by atoms with E-state index in [2.05, 4.69) is 37.6 Å². The molecule has 0 saturated carbocycles. The predicted octanol–water partition coefficient (Wildman–Crippen LogP) is 4.02. The van der Waals surface area contributed by atoms with Crippen molar-refractivity contribution in [3.63, 3.8) is 0 Å². The molecule has 5 rings (SSSR count). The minimum absolute atomic E-state index is 0.340. The second kappa shape index (κ2) is 8.46. The number of rotatable bonds is 6. The topological polar surface area (TPSA) is 114 Å². The summed E-state index contributed by atoms with van der Waals surface area (Å²) >= 11 is 1.30. The van der Waals surface area contributed by atoms with Gasteiger partial charge in [-0.05, 0) is 37.8 Å². The van der Waals surface area contributed by atoms with E-state index in [1.165, 1.54) is 24.2 Å². The van der Waals surface area contributed by atoms with Crippen molar-refractivity contribution in [2.45, 2.75) is 50.2 Å². The van der Waals surface area contributed by atoms with E-state index in [9.17, 15) is 0 Å². The average molecular weight is 431 g/mol. The van der Waals surface area contributed by atoms with Crippen molar-refractivity contribution in [1.29, 1.82) is 10.5 Å². The van der Waals surface area contributed by atoms with E-state index in [4.69, 9.17) is 15.5 Å². The van der Waals surface area contributed by atoms with E-state index in [-0.39, 0.29) is 0 Å². The molecule has 0 aliphatic carbocycles. The predicted molar refractivity (Wildman–Crippen MR) is 120 cm³/mol. The van der Waals surface area contributed by atoms with Crippen LogP contribution in [0.4, 0.5) is 16.8 Å². The summed E-state index contributed by atoms with van der Waals surface area (Å²) in [5.74, 6) is 1.47. The SMILES string of the molecule is N#CCCN1C2CCC1CC(Nc1nc(Nc3ncc(C#N)s3)cc3ncccc13)C2. The summed E-state index contributed by atoms with van der Waals surface area (Å²) in [5.41, 5.74) is 0.856. The minimum atomic E-state index is 0.340. The molecule has 0 radical (unpaired) electrons. The van der Waals surface area contributed by atoms with Gasteiger partial charge in [0.1, 0.15) is 22.6 Å². The molecule has 3 aromatic rings. The summed E-state index contributed by atoms with van der Waals surface area (Å²) in [4.78, 5) is 16.7. The maximum absolute atomic E-state index is 9.04. The number of pyridine rings is 2. The van der Waals surface area contributed by atoms with Gasteiger partial charge in [0.2, 0.25) is 0 Å². The molecular formula is C22H22N8S. The minimum Gasteiger partial charge on any atom is -0.367 e. The molecule has 31 heavy (non-hydrogen) atoms. The zero-order valence-electron chi connectivity index (χ0n) is 17.0. The molecule has 3 aromatic heterocycles. The maximum atomic E-state index is 9.04. The first kappa shape index (κ1) is 19.7. The summed E-state index contributed by atoms with van der Waals surface area (Å²) in [6, 6.07) is 11.7. The summed E-state index contributed by atoms with van der Waals surface area (Å²) in [5, 5.41) is 26.5. The van der Waals surface area contributed by atoms with Gasteiger partial charge in [-0.1, -0.05) is 11.3 Å². The van der Waals surface area contributed by atoms with Crippen LogP contribution in [0.2, 0.25) is 0 Å². The molecular weight excluding hydrogens is 408 g/mol. The third-order valence-electron chi connectivity index (χ3n) is 6.16. The largest absolute Gasteiger partial charge is 0.367 e. The Balaban J connectivity index is 1.38. The standard InChI is InChI=1S/C22H22N8S/c23-6-2-8-30-15-4-5-16(30)10-14(9-15)27-21-18-3-1-7-25-19(18)11-20(28-21)29-22-26-13-17(12-24)31-22/h1,3,7,11,13-16H,2,4-5,8-10H2,(H2,26,27,28,29). The molecule has 5 heterocycles. The fourth-order valence-electron chi connectivity index (χ4n) is 4.87. The Morgan fingerprint density at radius 3 is 2.77 bits per heavy atom. The lowest BCUT2D eigenvalue weighted by Gasteiger charge is -2.39. The summed E-state index contributed by atoms with van der Waals surface area (Å²) in [7, 11) is 0. The Hall–Kier alpha value is -3.27. The first-order valence-corrected chi connectivity index (χ1v) is 11.3. The highest BCUT2D eigenvalue weighted by molar-refractivity contribution is 7.16. The van der Waals surface area contributed by atoms with Gasteiger partial charge in [-0.15, -0.1) is 0 Å². The molecule has 2 atom stereocenters. The first-order chi connectivity index (χ1) is 15.2. The molecule has 0 spiro atoms. The summed E-state index contributed by atoms with van der Waals surface area (Å²) in [6.45, 7) is 0.877. The van der Waals surface area contributed by atoms with Crippen LogP contribution in [0.1, 0.15) is 37.0 Å². The van der Waals surface area contributed by atoms with Crippen LogP contribution in [0.15, 0.2) is 30.6 Å². The van der Waals surface area contributed by atoms with Crippen LogP contribution < -0.4 is 10.6 Å². The molecule has 2 bridgehead atoms. The van der Waals surface area contributed by atoms with E-state index in [1.54, 1.807) is 12.4 Å². The van der Waals surface area contributed by atoms with Crippen LogP contribution in [0, 0.1) is 22.7 Å². The van der Waals surface area contributed by atoms with Gasteiger partial charge in [-0.2, -0.15) is 10.5 Å². The number of anilines is 3. The number of nitriles is 2. The molecule has 2 aliphatic rings. The fraction of sp³-hybridized carbons (Fsp3) is 0.409. The van der Waals surface area contributed by atoms with Crippen LogP contribution in [0.5, 0.6) is 0 Å². The van der Waals surface area contributed by atoms with Crippen molar-refractivity contribution >= 4 is 39.0 Å². The highest BCUT2D eigenvalue weighted by Crippen LogP contribution is 2.37. The summed E-state index contributed by atoms with van der Waals surface area (Å²) < 4.78 is 0. The van der Waals surface area contributed by atoms with Crippen molar-refractivity contribution in [3.8, 4) is 12.1 Å². The maximum Gasteiger partial charge on any atom is 0.189 e. The van der Waals surface area contributed by atoms with Gasteiger partial charge in [0.15, 0.2) is 5.13 Å². The number of nitrogens with one attached hydrogen (secondary N) is 2. The third kappa shape index (κ3) is 4.02. The van der Waals surface area contributed by atoms with Gasteiger partial charge >= 0.3 is 0 Å². The lowest BCUT2D eigenvalue weighted by Crippen LogP contribution is -2.47. The molecule has 9 heteroatoms. The Morgan fingerprint density at radius 1 is 1.19 bits per heavy atom. The van der Waals surface area contributed by atoms with Crippen molar-refractivity contribution in [2.24, 2.45) is 0 Å². The molecule has 0 amide bonds. The number of nitrogens with zero attached hydrogens (tertiary/aromatic N) is 6. The van der Waals surface area contributed by atoms with Crippen molar-refractivity contribution < 1.29 is 0 Å². The molecule has 2 saturated heterocycles. The van der Waals surface area contributed by atoms with Gasteiger partial charge < -0.3 is 10.6 Å². The van der Waals surface area contributed by atoms with Gasteiger partial charge in [-0.25, -0.2) is 9.97 Å². The van der Waals surface area contributed by atoms with Crippen LogP contribution in [0.3, 0.4) is 0 Å². The molecule has 0 aromatic carbocycles. The van der Waals surface area contributed by atoms with Crippen LogP contribution in [0.25, 0.3) is 10.9 Å². The first-order valence-electron chi connectivity index (χ1n) is 10.5. The van der Waals surface area contributed by atoms with Gasteiger partial charge in [0, 0.05) is 48.7 Å². The molecule has 2 aliphatic heterocycles. The number of hydrogen-bond acceptors (Lipinski definition) is 9. The lowest BCUT2D eigenvalue weighted by molar-refractivity contribution is 0.136. The second-order valence-corrected chi connectivity index (χ2v) is 9.07. The Bertz CT molecular complexity index is 1160. The van der Waals surface area contributed by atoms with E-state index in [0.717, 1.165) is 36.1 Å². The van der Waals surface area contributed by atoms with Crippen LogP contribution >= 0.6 is 11.3 Å². The van der Waals surface area contributed by atoms with Crippen molar-refractivity contribution in [1.82, 2.24) is 19.9 Å². The number of fused-ring (bicyclic) bond motifs is 3. The Morgan fingerprint density at radius 2 is 2.03 bits per heavy atom. The normalized spacial score (nSPS) is 22.7. The smallest absolute Gasteiger partial charge is 0.189 e. The highest BCUT2D eigenvalue weighted by atomic mass is 32.1. The quantitative estimate of drug-likeness (QED) is 0.603.